The molecule has 6 nitrogen and oxygen atoms in total. The van der Waals surface area contributed by atoms with E-state index in [0.29, 0.717) is 17.1 Å². The zero-order valence-electron chi connectivity index (χ0n) is 15.2. The zero-order valence-corrected chi connectivity index (χ0v) is 15.2. The molecule has 1 aliphatic heterocycles. The number of fused-ring (bicyclic) bond motifs is 1. The van der Waals surface area contributed by atoms with Crippen LogP contribution in [0, 0.1) is 6.92 Å². The van der Waals surface area contributed by atoms with Crippen LogP contribution in [-0.2, 0) is 9.59 Å². The summed E-state index contributed by atoms with van der Waals surface area (Å²) in [6.45, 7) is 3.97. The maximum absolute atomic E-state index is 13.0. The van der Waals surface area contributed by atoms with Gasteiger partial charge in [-0.2, -0.15) is 0 Å². The normalized spacial score (nSPS) is 16.3. The maximum atomic E-state index is 13.0. The third-order valence-corrected chi connectivity index (χ3v) is 4.41. The monoisotopic (exact) mass is 353 g/mol. The molecule has 0 radical (unpaired) electrons. The van der Waals surface area contributed by atoms with Gasteiger partial charge in [-0.05, 0) is 43.7 Å². The van der Waals surface area contributed by atoms with Crippen molar-refractivity contribution in [2.75, 3.05) is 29.2 Å². The van der Waals surface area contributed by atoms with Gasteiger partial charge in [-0.1, -0.05) is 18.2 Å². The number of benzene rings is 2. The van der Waals surface area contributed by atoms with Gasteiger partial charge in [0.2, 0.25) is 11.8 Å². The molecule has 0 fully saturated rings. The second-order valence-corrected chi connectivity index (χ2v) is 6.44. The molecule has 6 heteroatoms. The molecule has 0 aliphatic carbocycles. The Kier molecular flexibility index (Phi) is 5.11. The summed E-state index contributed by atoms with van der Waals surface area (Å²) >= 11 is 0. The molecule has 1 heterocycles. The lowest BCUT2D eigenvalue weighted by Gasteiger charge is -2.28. The van der Waals surface area contributed by atoms with Crippen LogP contribution in [0.1, 0.15) is 18.9 Å². The predicted molar refractivity (Wildman–Crippen MR) is 103 cm³/mol. The number of amides is 2. The molecule has 2 aromatic carbocycles. The first-order valence-corrected chi connectivity index (χ1v) is 8.59. The largest absolute Gasteiger partial charge is 0.495 e. The fourth-order valence-corrected chi connectivity index (χ4v) is 3.18. The number of methoxy groups -OCH3 is 1. The Morgan fingerprint density at radius 1 is 1.31 bits per heavy atom. The summed E-state index contributed by atoms with van der Waals surface area (Å²) in [5, 5.41) is 6.03. The van der Waals surface area contributed by atoms with Gasteiger partial charge in [0.05, 0.1) is 30.7 Å². The number of nitrogens with zero attached hydrogens (tertiary/aromatic N) is 1. The van der Waals surface area contributed by atoms with Crippen molar-refractivity contribution in [1.29, 1.82) is 0 Å². The van der Waals surface area contributed by atoms with E-state index in [-0.39, 0.29) is 30.8 Å². The molecular formula is C20H23N3O3. The van der Waals surface area contributed by atoms with Gasteiger partial charge in [0.25, 0.3) is 0 Å². The van der Waals surface area contributed by atoms with Crippen molar-refractivity contribution in [3.63, 3.8) is 0 Å². The van der Waals surface area contributed by atoms with E-state index in [1.54, 1.807) is 12.0 Å². The Hall–Kier alpha value is -3.02. The van der Waals surface area contributed by atoms with Gasteiger partial charge in [-0.3, -0.25) is 9.59 Å². The standard InChI is InChI=1S/C20H23N3O3/c1-13-8-9-18(26-3)16(10-13)21-12-20(25)23-14(2)11-19(24)22-15-6-4-5-7-17(15)23/h4-10,14,21H,11-12H2,1-3H3,(H,22,24)/t14-/m1/s1. The number of rotatable bonds is 4. The fraction of sp³-hybridized carbons (Fsp3) is 0.300. The molecule has 0 aromatic heterocycles. The van der Waals surface area contributed by atoms with Crippen molar-refractivity contribution in [3.05, 3.63) is 48.0 Å². The van der Waals surface area contributed by atoms with Crippen LogP contribution in [-0.4, -0.2) is 31.5 Å². The minimum absolute atomic E-state index is 0.0893. The van der Waals surface area contributed by atoms with E-state index >= 15 is 0 Å². The minimum Gasteiger partial charge on any atom is -0.495 e. The Morgan fingerprint density at radius 2 is 2.08 bits per heavy atom. The molecule has 0 unspecified atom stereocenters. The maximum Gasteiger partial charge on any atom is 0.246 e. The Bertz CT molecular complexity index is 835. The number of carbonyl (C=O) groups excluding carboxylic acids is 2. The third kappa shape index (κ3) is 3.64. The summed E-state index contributed by atoms with van der Waals surface area (Å²) in [6, 6.07) is 12.9. The van der Waals surface area contributed by atoms with E-state index in [1.807, 2.05) is 56.3 Å². The summed E-state index contributed by atoms with van der Waals surface area (Å²) in [7, 11) is 1.60. The molecule has 0 saturated carbocycles. The molecular weight excluding hydrogens is 330 g/mol. The number of para-hydroxylation sites is 2. The van der Waals surface area contributed by atoms with Gasteiger partial charge in [0, 0.05) is 12.5 Å². The van der Waals surface area contributed by atoms with E-state index < -0.39 is 0 Å². The fourth-order valence-electron chi connectivity index (χ4n) is 3.18. The van der Waals surface area contributed by atoms with Gasteiger partial charge in [0.15, 0.2) is 0 Å². The topological polar surface area (TPSA) is 70.7 Å². The summed E-state index contributed by atoms with van der Waals surface area (Å²) in [5.74, 6) is 0.489. The molecule has 26 heavy (non-hydrogen) atoms. The SMILES string of the molecule is COc1ccc(C)cc1NCC(=O)N1c2ccccc2NC(=O)C[C@H]1C. The van der Waals surface area contributed by atoms with Crippen LogP contribution in [0.3, 0.4) is 0 Å². The second kappa shape index (κ2) is 7.47. The summed E-state index contributed by atoms with van der Waals surface area (Å²) in [4.78, 5) is 26.7. The van der Waals surface area contributed by atoms with Crippen LogP contribution in [0.15, 0.2) is 42.5 Å². The highest BCUT2D eigenvalue weighted by Crippen LogP contribution is 2.31. The van der Waals surface area contributed by atoms with Gasteiger partial charge in [0.1, 0.15) is 5.75 Å². The summed E-state index contributed by atoms with van der Waals surface area (Å²) < 4.78 is 5.35. The van der Waals surface area contributed by atoms with Crippen molar-refractivity contribution < 1.29 is 14.3 Å². The average Bonchev–Trinajstić information content (AvgIpc) is 2.74. The number of aryl methyl sites for hydroxylation is 1. The van der Waals surface area contributed by atoms with E-state index in [0.717, 1.165) is 11.3 Å². The van der Waals surface area contributed by atoms with Crippen LogP contribution in [0.5, 0.6) is 5.75 Å². The molecule has 2 aromatic rings. The lowest BCUT2D eigenvalue weighted by Crippen LogP contribution is -2.42. The molecule has 136 valence electrons. The average molecular weight is 353 g/mol. The summed E-state index contributed by atoms with van der Waals surface area (Å²) in [5.41, 5.74) is 3.21. The molecule has 2 N–H and O–H groups in total. The minimum atomic E-state index is -0.229. The first kappa shape index (κ1) is 17.8. The van der Waals surface area contributed by atoms with Crippen molar-refractivity contribution in [1.82, 2.24) is 0 Å². The zero-order chi connectivity index (χ0) is 18.7. The molecule has 2 amide bonds. The molecule has 3 rings (SSSR count). The third-order valence-electron chi connectivity index (χ3n) is 4.41. The molecule has 1 atom stereocenters. The van der Waals surface area contributed by atoms with Crippen LogP contribution < -0.4 is 20.3 Å². The number of hydrogen-bond donors (Lipinski definition) is 2. The number of hydrogen-bond acceptors (Lipinski definition) is 4. The van der Waals surface area contributed by atoms with Crippen LogP contribution in [0.25, 0.3) is 0 Å². The lowest BCUT2D eigenvalue weighted by atomic mass is 10.1. The molecule has 0 spiro atoms. The van der Waals surface area contributed by atoms with Gasteiger partial charge in [-0.15, -0.1) is 0 Å². The van der Waals surface area contributed by atoms with Gasteiger partial charge >= 0.3 is 0 Å². The molecule has 1 aliphatic rings. The highest BCUT2D eigenvalue weighted by molar-refractivity contribution is 6.05. The van der Waals surface area contributed by atoms with Crippen molar-refractivity contribution in [3.8, 4) is 5.75 Å². The highest BCUT2D eigenvalue weighted by Gasteiger charge is 2.29. The van der Waals surface area contributed by atoms with Crippen LogP contribution in [0.4, 0.5) is 17.1 Å². The first-order chi connectivity index (χ1) is 12.5. The quantitative estimate of drug-likeness (QED) is 0.886. The van der Waals surface area contributed by atoms with E-state index in [2.05, 4.69) is 10.6 Å². The predicted octanol–water partition coefficient (Wildman–Crippen LogP) is 3.18. The number of nitrogens with one attached hydrogen (secondary N) is 2. The number of carbonyl (C=O) groups is 2. The van der Waals surface area contributed by atoms with Crippen LogP contribution >= 0.6 is 0 Å². The van der Waals surface area contributed by atoms with E-state index in [9.17, 15) is 9.59 Å². The lowest BCUT2D eigenvalue weighted by molar-refractivity contribution is -0.118. The molecule has 0 bridgehead atoms. The van der Waals surface area contributed by atoms with Crippen molar-refractivity contribution in [2.45, 2.75) is 26.3 Å². The number of anilines is 3. The summed E-state index contributed by atoms with van der Waals surface area (Å²) in [6.07, 6.45) is 0.258. The van der Waals surface area contributed by atoms with Crippen molar-refractivity contribution >= 4 is 28.9 Å². The first-order valence-electron chi connectivity index (χ1n) is 8.59. The van der Waals surface area contributed by atoms with E-state index in [1.165, 1.54) is 0 Å². The Balaban J connectivity index is 1.83. The highest BCUT2D eigenvalue weighted by atomic mass is 16.5. The smallest absolute Gasteiger partial charge is 0.246 e. The second-order valence-electron chi connectivity index (χ2n) is 6.44. The van der Waals surface area contributed by atoms with E-state index in [4.69, 9.17) is 4.74 Å². The van der Waals surface area contributed by atoms with Gasteiger partial charge < -0.3 is 20.3 Å². The van der Waals surface area contributed by atoms with Crippen LogP contribution in [0.2, 0.25) is 0 Å². The van der Waals surface area contributed by atoms with Gasteiger partial charge in [-0.25, -0.2) is 0 Å². The Labute approximate surface area is 153 Å². The number of ether oxygens (including phenoxy) is 1. The Morgan fingerprint density at radius 3 is 2.85 bits per heavy atom. The van der Waals surface area contributed by atoms with Crippen molar-refractivity contribution in [2.24, 2.45) is 0 Å². The molecule has 0 saturated heterocycles.